The van der Waals surface area contributed by atoms with Crippen LogP contribution in [0.5, 0.6) is 5.75 Å². The van der Waals surface area contributed by atoms with Crippen LogP contribution in [0.4, 0.5) is 10.5 Å². The van der Waals surface area contributed by atoms with Gasteiger partial charge >= 0.3 is 6.03 Å². The van der Waals surface area contributed by atoms with Crippen LogP contribution in [0.1, 0.15) is 23.6 Å². The number of benzene rings is 3. The van der Waals surface area contributed by atoms with E-state index in [1.807, 2.05) is 77.5 Å². The van der Waals surface area contributed by atoms with E-state index in [9.17, 15) is 4.79 Å². The lowest BCUT2D eigenvalue weighted by molar-refractivity contribution is 0.166. The van der Waals surface area contributed by atoms with Crippen molar-refractivity contribution in [1.82, 2.24) is 4.90 Å². The van der Waals surface area contributed by atoms with Crippen molar-refractivity contribution in [2.75, 3.05) is 19.1 Å². The molecule has 1 aliphatic rings. The summed E-state index contributed by atoms with van der Waals surface area (Å²) in [6.07, 6.45) is 0. The van der Waals surface area contributed by atoms with Crippen molar-refractivity contribution in [3.8, 4) is 5.75 Å². The van der Waals surface area contributed by atoms with Gasteiger partial charge in [-0.15, -0.1) is 0 Å². The van der Waals surface area contributed by atoms with Crippen molar-refractivity contribution < 1.29 is 9.53 Å². The zero-order valence-electron chi connectivity index (χ0n) is 16.4. The Morgan fingerprint density at radius 2 is 1.54 bits per heavy atom. The summed E-state index contributed by atoms with van der Waals surface area (Å²) in [6.45, 7) is 2.62. The number of methoxy groups -OCH3 is 1. The minimum Gasteiger partial charge on any atom is -0.497 e. The molecule has 2 amide bonds. The molecular weight excluding hydrogens is 348 g/mol. The van der Waals surface area contributed by atoms with E-state index in [0.29, 0.717) is 6.54 Å². The molecule has 4 heteroatoms. The van der Waals surface area contributed by atoms with Gasteiger partial charge in [-0.2, -0.15) is 0 Å². The number of nitrogens with zero attached hydrogens (tertiary/aromatic N) is 2. The smallest absolute Gasteiger partial charge is 0.325 e. The predicted octanol–water partition coefficient (Wildman–Crippen LogP) is 5.03. The Labute approximate surface area is 166 Å². The summed E-state index contributed by atoms with van der Waals surface area (Å²) in [7, 11) is 3.53. The highest BCUT2D eigenvalue weighted by atomic mass is 16.5. The standard InChI is InChI=1S/C24H24N2O2/c1-24(19-9-5-4-6-10-19)21-11-7-8-12-22(21)26(23(27)25(24)2)17-18-13-15-20(28-3)16-14-18/h4-16H,17H2,1-3H3. The molecule has 1 atom stereocenters. The van der Waals surface area contributed by atoms with Gasteiger partial charge in [0.05, 0.1) is 24.9 Å². The second kappa shape index (κ2) is 7.04. The summed E-state index contributed by atoms with van der Waals surface area (Å²) in [5.74, 6) is 0.808. The van der Waals surface area contributed by atoms with Gasteiger partial charge in [-0.05, 0) is 36.2 Å². The fourth-order valence-corrected chi connectivity index (χ4v) is 3.95. The molecule has 1 heterocycles. The van der Waals surface area contributed by atoms with Crippen molar-refractivity contribution in [2.45, 2.75) is 19.0 Å². The van der Waals surface area contributed by atoms with E-state index in [4.69, 9.17) is 4.74 Å². The Hall–Kier alpha value is -3.27. The summed E-state index contributed by atoms with van der Waals surface area (Å²) in [4.78, 5) is 17.1. The molecule has 1 unspecified atom stereocenters. The molecule has 142 valence electrons. The Kier molecular flexibility index (Phi) is 4.55. The van der Waals surface area contributed by atoms with Crippen molar-refractivity contribution in [1.29, 1.82) is 0 Å². The van der Waals surface area contributed by atoms with Crippen LogP contribution < -0.4 is 9.64 Å². The number of amides is 2. The van der Waals surface area contributed by atoms with Gasteiger partial charge in [-0.25, -0.2) is 4.79 Å². The summed E-state index contributed by atoms with van der Waals surface area (Å²) >= 11 is 0. The molecule has 4 rings (SSSR count). The van der Waals surface area contributed by atoms with E-state index < -0.39 is 5.54 Å². The highest BCUT2D eigenvalue weighted by Crippen LogP contribution is 2.44. The van der Waals surface area contributed by atoms with Gasteiger partial charge in [0.1, 0.15) is 5.75 Å². The first-order valence-electron chi connectivity index (χ1n) is 9.39. The zero-order valence-corrected chi connectivity index (χ0v) is 16.4. The van der Waals surface area contributed by atoms with Crippen LogP contribution in [-0.4, -0.2) is 25.1 Å². The van der Waals surface area contributed by atoms with Crippen LogP contribution in [0.15, 0.2) is 78.9 Å². The largest absolute Gasteiger partial charge is 0.497 e. The van der Waals surface area contributed by atoms with Crippen molar-refractivity contribution >= 4 is 11.7 Å². The van der Waals surface area contributed by atoms with Crippen LogP contribution in [0.25, 0.3) is 0 Å². The number of anilines is 1. The number of hydrogen-bond acceptors (Lipinski definition) is 2. The SMILES string of the molecule is COc1ccc(CN2C(=O)N(C)C(C)(c3ccccc3)c3ccccc32)cc1. The molecule has 0 spiro atoms. The third-order valence-electron chi connectivity index (χ3n) is 5.74. The minimum absolute atomic E-state index is 0.0131. The van der Waals surface area contributed by atoms with Gasteiger partial charge in [0, 0.05) is 12.6 Å². The summed E-state index contributed by atoms with van der Waals surface area (Å²) in [5.41, 5.74) is 3.71. The molecule has 3 aromatic carbocycles. The Morgan fingerprint density at radius 1 is 0.893 bits per heavy atom. The highest BCUT2D eigenvalue weighted by molar-refractivity contribution is 5.96. The molecule has 0 bridgehead atoms. The Balaban J connectivity index is 1.79. The van der Waals surface area contributed by atoms with Crippen LogP contribution in [-0.2, 0) is 12.1 Å². The zero-order chi connectivity index (χ0) is 19.7. The number of ether oxygens (including phenoxy) is 1. The molecule has 0 radical (unpaired) electrons. The third kappa shape index (κ3) is 2.82. The van der Waals surface area contributed by atoms with Gasteiger partial charge in [0.25, 0.3) is 0 Å². The van der Waals surface area contributed by atoms with E-state index in [2.05, 4.69) is 25.1 Å². The number of hydrogen-bond donors (Lipinski definition) is 0. The average molecular weight is 372 g/mol. The third-order valence-corrected chi connectivity index (χ3v) is 5.74. The number of rotatable bonds is 4. The topological polar surface area (TPSA) is 32.8 Å². The van der Waals surface area contributed by atoms with Crippen molar-refractivity contribution in [3.05, 3.63) is 95.6 Å². The van der Waals surface area contributed by atoms with Gasteiger partial charge in [0.15, 0.2) is 0 Å². The molecular formula is C24H24N2O2. The van der Waals surface area contributed by atoms with E-state index in [0.717, 1.165) is 28.1 Å². The molecule has 0 saturated heterocycles. The molecule has 3 aromatic rings. The molecule has 1 aliphatic heterocycles. The van der Waals surface area contributed by atoms with Crippen LogP contribution in [0, 0.1) is 0 Å². The molecule has 28 heavy (non-hydrogen) atoms. The number of para-hydroxylation sites is 1. The number of carbonyl (C=O) groups is 1. The first kappa shape index (κ1) is 18.1. The summed E-state index contributed by atoms with van der Waals surface area (Å²) < 4.78 is 5.24. The molecule has 4 nitrogen and oxygen atoms in total. The number of urea groups is 1. The van der Waals surface area contributed by atoms with E-state index in [-0.39, 0.29) is 6.03 Å². The summed E-state index contributed by atoms with van der Waals surface area (Å²) in [5, 5.41) is 0. The summed E-state index contributed by atoms with van der Waals surface area (Å²) in [6, 6.07) is 26.2. The molecule has 0 aromatic heterocycles. The van der Waals surface area contributed by atoms with E-state index in [1.165, 1.54) is 0 Å². The number of fused-ring (bicyclic) bond motifs is 1. The Morgan fingerprint density at radius 3 is 2.21 bits per heavy atom. The minimum atomic E-state index is -0.522. The normalized spacial score (nSPS) is 18.8. The van der Waals surface area contributed by atoms with E-state index in [1.54, 1.807) is 7.11 Å². The molecule has 0 saturated carbocycles. The van der Waals surface area contributed by atoms with E-state index >= 15 is 0 Å². The second-order valence-corrected chi connectivity index (χ2v) is 7.23. The van der Waals surface area contributed by atoms with Gasteiger partial charge < -0.3 is 9.64 Å². The maximum atomic E-state index is 13.4. The fourth-order valence-electron chi connectivity index (χ4n) is 3.95. The van der Waals surface area contributed by atoms with Crippen molar-refractivity contribution in [3.63, 3.8) is 0 Å². The Bertz CT molecular complexity index is 985. The lowest BCUT2D eigenvalue weighted by atomic mass is 9.80. The first-order chi connectivity index (χ1) is 13.6. The van der Waals surface area contributed by atoms with Gasteiger partial charge in [-0.3, -0.25) is 4.90 Å². The lowest BCUT2D eigenvalue weighted by Crippen LogP contribution is -2.56. The van der Waals surface area contributed by atoms with Gasteiger partial charge in [0.2, 0.25) is 0 Å². The lowest BCUT2D eigenvalue weighted by Gasteiger charge is -2.48. The fraction of sp³-hybridized carbons (Fsp3) is 0.208. The van der Waals surface area contributed by atoms with Crippen LogP contribution in [0.2, 0.25) is 0 Å². The second-order valence-electron chi connectivity index (χ2n) is 7.23. The van der Waals surface area contributed by atoms with Crippen LogP contribution >= 0.6 is 0 Å². The van der Waals surface area contributed by atoms with Crippen LogP contribution in [0.3, 0.4) is 0 Å². The molecule has 0 aliphatic carbocycles. The van der Waals surface area contributed by atoms with Gasteiger partial charge in [-0.1, -0.05) is 60.7 Å². The quantitative estimate of drug-likeness (QED) is 0.643. The highest BCUT2D eigenvalue weighted by Gasteiger charge is 2.44. The average Bonchev–Trinajstić information content (AvgIpc) is 2.76. The van der Waals surface area contributed by atoms with Crippen molar-refractivity contribution in [2.24, 2.45) is 0 Å². The molecule has 0 N–H and O–H groups in total. The predicted molar refractivity (Wildman–Crippen MR) is 112 cm³/mol. The maximum Gasteiger partial charge on any atom is 0.325 e. The monoisotopic (exact) mass is 372 g/mol. The number of carbonyl (C=O) groups excluding carboxylic acids is 1. The first-order valence-corrected chi connectivity index (χ1v) is 9.39. The molecule has 0 fully saturated rings. The maximum absolute atomic E-state index is 13.4.